The van der Waals surface area contributed by atoms with Gasteiger partial charge in [-0.05, 0) is 68.7 Å². The van der Waals surface area contributed by atoms with Crippen LogP contribution in [0, 0.1) is 6.92 Å². The molecule has 0 saturated heterocycles. The van der Waals surface area contributed by atoms with E-state index >= 15 is 0 Å². The van der Waals surface area contributed by atoms with Gasteiger partial charge in [-0.25, -0.2) is 8.42 Å². The van der Waals surface area contributed by atoms with E-state index < -0.39 is 28.5 Å². The Kier molecular flexibility index (Phi) is 10.5. The molecule has 0 bridgehead atoms. The summed E-state index contributed by atoms with van der Waals surface area (Å²) < 4.78 is 34.6. The number of methoxy groups -OCH3 is 1. The summed E-state index contributed by atoms with van der Waals surface area (Å²) in [7, 11) is -2.75. The zero-order chi connectivity index (χ0) is 30.3. The Hall–Kier alpha value is -3.56. The zero-order valence-corrected chi connectivity index (χ0v) is 25.8. The molecule has 10 heteroatoms. The maximum absolute atomic E-state index is 14.2. The third kappa shape index (κ3) is 7.63. The highest BCUT2D eigenvalue weighted by atomic mass is 35.5. The first-order chi connectivity index (χ1) is 20.1. The number of aryl methyl sites for hydroxylation is 1. The number of rotatable bonds is 11. The van der Waals surface area contributed by atoms with Crippen molar-refractivity contribution in [3.05, 3.63) is 88.9 Å². The Morgan fingerprint density at radius 2 is 1.69 bits per heavy atom. The molecule has 1 aliphatic carbocycles. The number of halogens is 1. The van der Waals surface area contributed by atoms with Crippen LogP contribution in [0.25, 0.3) is 0 Å². The van der Waals surface area contributed by atoms with Gasteiger partial charge in [-0.2, -0.15) is 0 Å². The number of nitrogens with one attached hydrogen (secondary N) is 1. The van der Waals surface area contributed by atoms with Gasteiger partial charge in [0.05, 0.1) is 17.7 Å². The minimum Gasteiger partial charge on any atom is -0.495 e. The van der Waals surface area contributed by atoms with E-state index in [0.717, 1.165) is 47.5 Å². The first-order valence-corrected chi connectivity index (χ1v) is 16.0. The number of hydrogen-bond acceptors (Lipinski definition) is 5. The van der Waals surface area contributed by atoms with Gasteiger partial charge in [0.2, 0.25) is 11.8 Å². The van der Waals surface area contributed by atoms with Crippen molar-refractivity contribution in [1.82, 2.24) is 10.2 Å². The van der Waals surface area contributed by atoms with Crippen LogP contribution in [-0.2, 0) is 26.2 Å². The van der Waals surface area contributed by atoms with E-state index in [4.69, 9.17) is 16.3 Å². The molecule has 3 aromatic rings. The molecule has 0 spiro atoms. The summed E-state index contributed by atoms with van der Waals surface area (Å²) in [6.07, 6.45) is 5.05. The highest BCUT2D eigenvalue weighted by molar-refractivity contribution is 7.92. The van der Waals surface area contributed by atoms with Crippen molar-refractivity contribution in [3.8, 4) is 5.75 Å². The van der Waals surface area contributed by atoms with Crippen molar-refractivity contribution in [2.75, 3.05) is 18.0 Å². The summed E-state index contributed by atoms with van der Waals surface area (Å²) in [6.45, 7) is 3.06. The molecule has 4 rings (SSSR count). The molecule has 3 aromatic carbocycles. The van der Waals surface area contributed by atoms with Crippen LogP contribution in [0.1, 0.15) is 50.2 Å². The summed E-state index contributed by atoms with van der Waals surface area (Å²) in [4.78, 5) is 29.0. The number of carbonyl (C=O) groups is 2. The van der Waals surface area contributed by atoms with E-state index in [1.807, 2.05) is 13.0 Å². The van der Waals surface area contributed by atoms with Gasteiger partial charge in [0, 0.05) is 17.6 Å². The average molecular weight is 612 g/mol. The number of carbonyl (C=O) groups excluding carboxylic acids is 2. The summed E-state index contributed by atoms with van der Waals surface area (Å²) in [5.74, 6) is -0.518. The molecule has 1 fully saturated rings. The molecule has 2 amide bonds. The molecule has 1 aliphatic rings. The van der Waals surface area contributed by atoms with Crippen molar-refractivity contribution >= 4 is 39.1 Å². The third-order valence-electron chi connectivity index (χ3n) is 7.60. The number of hydrogen-bond donors (Lipinski definition) is 1. The van der Waals surface area contributed by atoms with Crippen molar-refractivity contribution < 1.29 is 22.7 Å². The number of nitrogens with zero attached hydrogens (tertiary/aromatic N) is 2. The van der Waals surface area contributed by atoms with Crippen LogP contribution < -0.4 is 14.4 Å². The molecule has 1 atom stereocenters. The van der Waals surface area contributed by atoms with Gasteiger partial charge in [-0.1, -0.05) is 72.8 Å². The monoisotopic (exact) mass is 611 g/mol. The van der Waals surface area contributed by atoms with Crippen LogP contribution in [0.2, 0.25) is 5.02 Å². The van der Waals surface area contributed by atoms with Gasteiger partial charge in [0.1, 0.15) is 18.3 Å². The molecular formula is C32H38ClN3O5S. The zero-order valence-electron chi connectivity index (χ0n) is 24.3. The van der Waals surface area contributed by atoms with E-state index in [2.05, 4.69) is 5.32 Å². The summed E-state index contributed by atoms with van der Waals surface area (Å²) in [6, 6.07) is 19.3. The van der Waals surface area contributed by atoms with Gasteiger partial charge >= 0.3 is 0 Å². The van der Waals surface area contributed by atoms with E-state index in [-0.39, 0.29) is 29.1 Å². The second kappa shape index (κ2) is 14.1. The molecule has 1 saturated carbocycles. The van der Waals surface area contributed by atoms with Crippen molar-refractivity contribution in [2.45, 2.75) is 69.5 Å². The highest BCUT2D eigenvalue weighted by Gasteiger charge is 2.34. The van der Waals surface area contributed by atoms with E-state index in [9.17, 15) is 18.0 Å². The second-order valence-electron chi connectivity index (χ2n) is 10.7. The molecule has 0 unspecified atom stereocenters. The minimum atomic E-state index is -4.20. The minimum absolute atomic E-state index is 0.0382. The van der Waals surface area contributed by atoms with Gasteiger partial charge in [0.25, 0.3) is 10.0 Å². The first kappa shape index (κ1) is 31.4. The Bertz CT molecular complexity index is 1490. The Labute approximate surface area is 253 Å². The molecule has 1 N–H and O–H groups in total. The lowest BCUT2D eigenvalue weighted by Gasteiger charge is -2.33. The SMILES string of the molecule is COc1ccccc1N(CC(=O)N(Cc1cccc(Cl)c1)[C@@H](C)C(=O)NC1CCCCC1)S(=O)(=O)c1ccc(C)cc1. The van der Waals surface area contributed by atoms with Crippen LogP contribution in [0.15, 0.2) is 77.7 Å². The molecule has 8 nitrogen and oxygen atoms in total. The smallest absolute Gasteiger partial charge is 0.264 e. The fourth-order valence-electron chi connectivity index (χ4n) is 5.17. The van der Waals surface area contributed by atoms with Crippen LogP contribution in [0.3, 0.4) is 0 Å². The van der Waals surface area contributed by atoms with Crippen LogP contribution in [-0.4, -0.2) is 50.9 Å². The number of ether oxygens (including phenoxy) is 1. The van der Waals surface area contributed by atoms with Gasteiger partial charge < -0.3 is 15.0 Å². The van der Waals surface area contributed by atoms with E-state index in [0.29, 0.717) is 10.8 Å². The Morgan fingerprint density at radius 1 is 1.00 bits per heavy atom. The quantitative estimate of drug-likeness (QED) is 0.299. The molecular weight excluding hydrogens is 574 g/mol. The lowest BCUT2D eigenvalue weighted by atomic mass is 9.95. The van der Waals surface area contributed by atoms with E-state index in [1.165, 1.54) is 24.1 Å². The molecule has 0 radical (unpaired) electrons. The Morgan fingerprint density at radius 3 is 2.36 bits per heavy atom. The highest BCUT2D eigenvalue weighted by Crippen LogP contribution is 2.32. The summed E-state index contributed by atoms with van der Waals surface area (Å²) in [5.41, 5.74) is 1.84. The predicted molar refractivity (Wildman–Crippen MR) is 165 cm³/mol. The van der Waals surface area contributed by atoms with Crippen molar-refractivity contribution in [2.24, 2.45) is 0 Å². The third-order valence-corrected chi connectivity index (χ3v) is 9.61. The number of sulfonamides is 1. The molecule has 0 aromatic heterocycles. The molecule has 42 heavy (non-hydrogen) atoms. The maximum Gasteiger partial charge on any atom is 0.264 e. The summed E-state index contributed by atoms with van der Waals surface area (Å²) >= 11 is 6.23. The van der Waals surface area contributed by atoms with Crippen LogP contribution in [0.4, 0.5) is 5.69 Å². The Balaban J connectivity index is 1.70. The van der Waals surface area contributed by atoms with Crippen LogP contribution >= 0.6 is 11.6 Å². The fourth-order valence-corrected chi connectivity index (χ4v) is 6.81. The van der Waals surface area contributed by atoms with Gasteiger partial charge in [0.15, 0.2) is 0 Å². The first-order valence-electron chi connectivity index (χ1n) is 14.2. The normalized spacial score (nSPS) is 14.6. The standard InChI is InChI=1S/C32H38ClN3O5S/c1-23-16-18-28(19-17-23)42(39,40)36(29-14-7-8-15-30(29)41-3)22-31(37)35(21-25-10-9-11-26(33)20-25)24(2)32(38)34-27-12-5-4-6-13-27/h7-11,14-20,24,27H,4-6,12-13,21-22H2,1-3H3,(H,34,38)/t24-/m0/s1. The molecule has 224 valence electrons. The second-order valence-corrected chi connectivity index (χ2v) is 13.0. The van der Waals surface area contributed by atoms with Crippen molar-refractivity contribution in [3.63, 3.8) is 0 Å². The largest absolute Gasteiger partial charge is 0.495 e. The van der Waals surface area contributed by atoms with Crippen LogP contribution in [0.5, 0.6) is 5.75 Å². The molecule has 0 heterocycles. The van der Waals surface area contributed by atoms with Gasteiger partial charge in [-0.3, -0.25) is 13.9 Å². The number of amides is 2. The topological polar surface area (TPSA) is 96.0 Å². The number of para-hydroxylation sites is 2. The number of anilines is 1. The maximum atomic E-state index is 14.2. The number of benzene rings is 3. The predicted octanol–water partition coefficient (Wildman–Crippen LogP) is 5.72. The fraction of sp³-hybridized carbons (Fsp3) is 0.375. The molecule has 0 aliphatic heterocycles. The van der Waals surface area contributed by atoms with Crippen molar-refractivity contribution in [1.29, 1.82) is 0 Å². The average Bonchev–Trinajstić information content (AvgIpc) is 2.99. The lowest BCUT2D eigenvalue weighted by Crippen LogP contribution is -2.53. The summed E-state index contributed by atoms with van der Waals surface area (Å²) in [5, 5.41) is 3.60. The van der Waals surface area contributed by atoms with Gasteiger partial charge in [-0.15, -0.1) is 0 Å². The lowest BCUT2D eigenvalue weighted by molar-refractivity contribution is -0.139. The van der Waals surface area contributed by atoms with E-state index in [1.54, 1.807) is 61.5 Å².